The molecule has 130 valence electrons. The van der Waals surface area contributed by atoms with Gasteiger partial charge in [-0.15, -0.1) is 13.2 Å². The number of anilines is 1. The lowest BCUT2D eigenvalue weighted by Gasteiger charge is -2.35. The molecule has 0 saturated carbocycles. The number of likely N-dealkylation sites (N-methyl/N-ethyl adjacent to an activating group) is 1. The third kappa shape index (κ3) is 3.40. The van der Waals surface area contributed by atoms with Crippen molar-refractivity contribution >= 4 is 17.7 Å². The van der Waals surface area contributed by atoms with Gasteiger partial charge in [0.1, 0.15) is 0 Å². The van der Waals surface area contributed by atoms with E-state index in [0.717, 1.165) is 37.4 Å². The van der Waals surface area contributed by atoms with Crippen molar-refractivity contribution in [3.05, 3.63) is 35.4 Å². The number of hydrogen-bond donors (Lipinski definition) is 0. The second-order valence-electron chi connectivity index (χ2n) is 6.19. The van der Waals surface area contributed by atoms with Crippen molar-refractivity contribution < 1.29 is 18.0 Å². The van der Waals surface area contributed by atoms with Gasteiger partial charge in [-0.2, -0.15) is 0 Å². The van der Waals surface area contributed by atoms with Crippen molar-refractivity contribution in [2.75, 3.05) is 44.7 Å². The molecule has 0 atom stereocenters. The van der Waals surface area contributed by atoms with Gasteiger partial charge in [0.05, 0.1) is 0 Å². The van der Waals surface area contributed by atoms with E-state index in [9.17, 15) is 18.0 Å². The minimum absolute atomic E-state index is 0.0166. The molecular formula is C17H20F3N3O. The minimum atomic E-state index is -4.61. The fourth-order valence-electron chi connectivity index (χ4n) is 3.12. The predicted molar refractivity (Wildman–Crippen MR) is 86.5 cm³/mol. The maximum Gasteiger partial charge on any atom is 0.487 e. The Morgan fingerprint density at radius 3 is 2.33 bits per heavy atom. The monoisotopic (exact) mass is 339 g/mol. The van der Waals surface area contributed by atoms with Crippen molar-refractivity contribution in [2.24, 2.45) is 0 Å². The highest BCUT2D eigenvalue weighted by atomic mass is 19.4. The molecule has 0 aromatic heterocycles. The van der Waals surface area contributed by atoms with Crippen LogP contribution in [0.5, 0.6) is 0 Å². The van der Waals surface area contributed by atoms with Crippen LogP contribution in [-0.4, -0.2) is 61.8 Å². The Morgan fingerprint density at radius 2 is 1.71 bits per heavy atom. The van der Waals surface area contributed by atoms with Gasteiger partial charge in [-0.25, -0.2) is 4.90 Å². The molecule has 0 unspecified atom stereocenters. The molecule has 0 aliphatic carbocycles. The molecule has 24 heavy (non-hydrogen) atoms. The third-order valence-corrected chi connectivity index (χ3v) is 4.54. The Labute approximate surface area is 139 Å². The average molecular weight is 339 g/mol. The summed E-state index contributed by atoms with van der Waals surface area (Å²) in [6, 6.07) is 7.56. The number of benzene rings is 1. The molecule has 4 nitrogen and oxygen atoms in total. The molecule has 0 N–H and O–H groups in total. The molecule has 0 spiro atoms. The van der Waals surface area contributed by atoms with Crippen molar-refractivity contribution in [1.82, 2.24) is 9.80 Å². The molecule has 7 heteroatoms. The molecule has 2 aliphatic rings. The third-order valence-electron chi connectivity index (χ3n) is 4.54. The zero-order chi connectivity index (χ0) is 17.3. The summed E-state index contributed by atoms with van der Waals surface area (Å²) in [5, 5.41) is 0. The van der Waals surface area contributed by atoms with Gasteiger partial charge in [0.25, 0.3) is 5.91 Å². The molecule has 1 aromatic carbocycles. The SMILES string of the molecule is CN1CCN(c2ccccc2C=C2CCN(C(F)(F)F)C2=O)CC1. The lowest BCUT2D eigenvalue weighted by molar-refractivity contribution is -0.234. The lowest BCUT2D eigenvalue weighted by Crippen LogP contribution is -2.44. The van der Waals surface area contributed by atoms with Gasteiger partial charge in [-0.05, 0) is 31.2 Å². The van der Waals surface area contributed by atoms with E-state index < -0.39 is 12.2 Å². The number of alkyl halides is 3. The van der Waals surface area contributed by atoms with Crippen LogP contribution in [0.4, 0.5) is 18.9 Å². The number of nitrogens with zero attached hydrogens (tertiary/aromatic N) is 3. The van der Waals surface area contributed by atoms with Crippen molar-refractivity contribution in [2.45, 2.75) is 12.7 Å². The van der Waals surface area contributed by atoms with Crippen LogP contribution >= 0.6 is 0 Å². The molecule has 1 aromatic rings. The number of hydrogen-bond acceptors (Lipinski definition) is 3. The lowest BCUT2D eigenvalue weighted by atomic mass is 10.1. The number of likely N-dealkylation sites (tertiary alicyclic amines) is 1. The summed E-state index contributed by atoms with van der Waals surface area (Å²) in [4.78, 5) is 16.4. The van der Waals surface area contributed by atoms with Crippen molar-refractivity contribution in [3.63, 3.8) is 0 Å². The number of halogens is 3. The van der Waals surface area contributed by atoms with E-state index in [1.54, 1.807) is 6.08 Å². The Balaban J connectivity index is 1.85. The molecule has 0 radical (unpaired) electrons. The number of carbonyl (C=O) groups is 1. The Hall–Kier alpha value is -2.02. The van der Waals surface area contributed by atoms with E-state index in [-0.39, 0.29) is 23.4 Å². The molecule has 2 saturated heterocycles. The minimum Gasteiger partial charge on any atom is -0.368 e. The number of piperazine rings is 1. The van der Waals surface area contributed by atoms with E-state index in [4.69, 9.17) is 0 Å². The first-order chi connectivity index (χ1) is 11.4. The Morgan fingerprint density at radius 1 is 1.04 bits per heavy atom. The Kier molecular flexibility index (Phi) is 4.54. The van der Waals surface area contributed by atoms with E-state index in [0.29, 0.717) is 0 Å². The van der Waals surface area contributed by atoms with Gasteiger partial charge in [0.2, 0.25) is 0 Å². The first kappa shape index (κ1) is 16.8. The van der Waals surface area contributed by atoms with Crippen LogP contribution in [0.25, 0.3) is 6.08 Å². The summed E-state index contributed by atoms with van der Waals surface area (Å²) < 4.78 is 38.4. The molecule has 3 rings (SSSR count). The second kappa shape index (κ2) is 6.47. The van der Waals surface area contributed by atoms with Crippen LogP contribution in [0.15, 0.2) is 29.8 Å². The maximum atomic E-state index is 12.8. The van der Waals surface area contributed by atoms with E-state index in [1.807, 2.05) is 24.3 Å². The predicted octanol–water partition coefficient (Wildman–Crippen LogP) is 2.57. The fraction of sp³-hybridized carbons (Fsp3) is 0.471. The summed E-state index contributed by atoms with van der Waals surface area (Å²) in [6.07, 6.45) is -2.87. The maximum absolute atomic E-state index is 12.8. The number of amides is 1. The van der Waals surface area contributed by atoms with Crippen LogP contribution in [0, 0.1) is 0 Å². The summed E-state index contributed by atoms with van der Waals surface area (Å²) >= 11 is 0. The summed E-state index contributed by atoms with van der Waals surface area (Å²) in [6.45, 7) is 3.29. The molecule has 0 bridgehead atoms. The van der Waals surface area contributed by atoms with Gasteiger partial charge < -0.3 is 9.80 Å². The van der Waals surface area contributed by atoms with Gasteiger partial charge in [0, 0.05) is 44.0 Å². The molecule has 2 aliphatic heterocycles. The number of para-hydroxylation sites is 1. The van der Waals surface area contributed by atoms with Crippen LogP contribution in [-0.2, 0) is 4.79 Å². The largest absolute Gasteiger partial charge is 0.487 e. The first-order valence-corrected chi connectivity index (χ1v) is 7.98. The van der Waals surface area contributed by atoms with Gasteiger partial charge in [0.15, 0.2) is 0 Å². The van der Waals surface area contributed by atoms with E-state index in [1.165, 1.54) is 0 Å². The van der Waals surface area contributed by atoms with Crippen molar-refractivity contribution in [3.8, 4) is 0 Å². The molecular weight excluding hydrogens is 319 g/mol. The quantitative estimate of drug-likeness (QED) is 0.612. The molecule has 1 amide bonds. The highest BCUT2D eigenvalue weighted by Crippen LogP contribution is 2.32. The molecule has 2 heterocycles. The zero-order valence-electron chi connectivity index (χ0n) is 13.5. The standard InChI is InChI=1S/C17H20F3N3O/c1-21-8-10-22(11-9-21)15-5-3-2-4-13(15)12-14-6-7-23(16(14)24)17(18,19)20/h2-5,12H,6-11H2,1H3. The van der Waals surface area contributed by atoms with Crippen LogP contribution in [0.3, 0.4) is 0 Å². The highest BCUT2D eigenvalue weighted by Gasteiger charge is 2.45. The van der Waals surface area contributed by atoms with E-state index >= 15 is 0 Å². The molecule has 2 fully saturated rings. The Bertz CT molecular complexity index is 649. The normalized spacial score (nSPS) is 21.8. The second-order valence-corrected chi connectivity index (χ2v) is 6.19. The van der Waals surface area contributed by atoms with E-state index in [2.05, 4.69) is 16.8 Å². The van der Waals surface area contributed by atoms with Crippen LogP contribution < -0.4 is 4.90 Å². The smallest absolute Gasteiger partial charge is 0.368 e. The first-order valence-electron chi connectivity index (χ1n) is 7.98. The van der Waals surface area contributed by atoms with Crippen LogP contribution in [0.2, 0.25) is 0 Å². The highest BCUT2D eigenvalue weighted by molar-refractivity contribution is 6.00. The van der Waals surface area contributed by atoms with Gasteiger partial charge in [-0.1, -0.05) is 18.2 Å². The summed E-state index contributed by atoms with van der Waals surface area (Å²) in [7, 11) is 2.06. The number of rotatable bonds is 2. The van der Waals surface area contributed by atoms with Crippen molar-refractivity contribution in [1.29, 1.82) is 0 Å². The fourth-order valence-corrected chi connectivity index (χ4v) is 3.12. The zero-order valence-corrected chi connectivity index (χ0v) is 13.5. The number of carbonyl (C=O) groups excluding carboxylic acids is 1. The summed E-state index contributed by atoms with van der Waals surface area (Å²) in [5.74, 6) is -0.935. The van der Waals surface area contributed by atoms with Gasteiger partial charge in [-0.3, -0.25) is 4.79 Å². The summed E-state index contributed by atoms with van der Waals surface area (Å²) in [5.41, 5.74) is 1.99. The average Bonchev–Trinajstić information content (AvgIpc) is 2.90. The van der Waals surface area contributed by atoms with Gasteiger partial charge >= 0.3 is 6.30 Å². The topological polar surface area (TPSA) is 26.8 Å². The van der Waals surface area contributed by atoms with Crippen LogP contribution in [0.1, 0.15) is 12.0 Å².